The highest BCUT2D eigenvalue weighted by molar-refractivity contribution is 5.77. The molecule has 1 aliphatic rings. The minimum atomic E-state index is -0.0737. The maximum absolute atomic E-state index is 12.1. The van der Waals surface area contributed by atoms with E-state index in [-0.39, 0.29) is 12.5 Å². The molecule has 1 aliphatic heterocycles. The number of anilines is 1. The summed E-state index contributed by atoms with van der Waals surface area (Å²) < 4.78 is 5.75. The minimum Gasteiger partial charge on any atom is -0.483 e. The van der Waals surface area contributed by atoms with E-state index in [0.29, 0.717) is 6.54 Å². The molecule has 0 radical (unpaired) electrons. The van der Waals surface area contributed by atoms with Crippen LogP contribution in [-0.2, 0) is 4.79 Å². The predicted molar refractivity (Wildman–Crippen MR) is 114 cm³/mol. The average Bonchev–Trinajstić information content (AvgIpc) is 2.71. The number of aromatic nitrogens is 2. The molecule has 0 unspecified atom stereocenters. The standard InChI is InChI=1S/C22H31N5O2/c1-17-14-18(2)21(19(3)15-17)29-16-20(28)23-8-5-9-26-10-12-27(13-11-26)22-24-6-4-7-25-22/h4,6-7,14-15H,5,8-13,16H2,1-3H3,(H,23,28). The molecule has 29 heavy (non-hydrogen) atoms. The summed E-state index contributed by atoms with van der Waals surface area (Å²) in [5.41, 5.74) is 3.33. The zero-order valence-corrected chi connectivity index (χ0v) is 17.6. The van der Waals surface area contributed by atoms with Gasteiger partial charge in [0.1, 0.15) is 5.75 Å². The lowest BCUT2D eigenvalue weighted by molar-refractivity contribution is -0.123. The Hall–Kier alpha value is -2.67. The molecule has 1 saturated heterocycles. The van der Waals surface area contributed by atoms with Crippen molar-refractivity contribution in [2.75, 3.05) is 50.8 Å². The molecule has 1 aromatic carbocycles. The molecule has 2 aromatic rings. The van der Waals surface area contributed by atoms with Crippen LogP contribution in [0.2, 0.25) is 0 Å². The Bertz CT molecular complexity index is 781. The van der Waals surface area contributed by atoms with Gasteiger partial charge < -0.3 is 15.0 Å². The maximum atomic E-state index is 12.1. The van der Waals surface area contributed by atoms with Crippen LogP contribution in [0.3, 0.4) is 0 Å². The van der Waals surface area contributed by atoms with Crippen molar-refractivity contribution in [2.45, 2.75) is 27.2 Å². The van der Waals surface area contributed by atoms with Crippen molar-refractivity contribution in [1.29, 1.82) is 0 Å². The van der Waals surface area contributed by atoms with E-state index < -0.39 is 0 Å². The second-order valence-corrected chi connectivity index (χ2v) is 7.60. The van der Waals surface area contributed by atoms with Crippen LogP contribution in [0.1, 0.15) is 23.1 Å². The molecular formula is C22H31N5O2. The topological polar surface area (TPSA) is 70.6 Å². The number of nitrogens with one attached hydrogen (secondary N) is 1. The summed E-state index contributed by atoms with van der Waals surface area (Å²) in [7, 11) is 0. The monoisotopic (exact) mass is 397 g/mol. The molecule has 0 spiro atoms. The zero-order chi connectivity index (χ0) is 20.6. The molecule has 2 heterocycles. The third-order valence-electron chi connectivity index (χ3n) is 5.13. The smallest absolute Gasteiger partial charge is 0.257 e. The molecule has 0 saturated carbocycles. The van der Waals surface area contributed by atoms with Crippen LogP contribution in [0.4, 0.5) is 5.95 Å². The second-order valence-electron chi connectivity index (χ2n) is 7.60. The number of aryl methyl sites for hydroxylation is 3. The number of ether oxygens (including phenoxy) is 1. The van der Waals surface area contributed by atoms with Gasteiger partial charge in [-0.15, -0.1) is 0 Å². The summed E-state index contributed by atoms with van der Waals surface area (Å²) in [6.07, 6.45) is 4.49. The SMILES string of the molecule is Cc1cc(C)c(OCC(=O)NCCCN2CCN(c3ncccn3)CC2)c(C)c1. The van der Waals surface area contributed by atoms with Gasteiger partial charge in [-0.1, -0.05) is 17.7 Å². The van der Waals surface area contributed by atoms with Crippen LogP contribution >= 0.6 is 0 Å². The van der Waals surface area contributed by atoms with E-state index in [9.17, 15) is 4.79 Å². The molecule has 156 valence electrons. The molecule has 1 N–H and O–H groups in total. The lowest BCUT2D eigenvalue weighted by Crippen LogP contribution is -2.47. The number of hydrogen-bond acceptors (Lipinski definition) is 6. The summed E-state index contributed by atoms with van der Waals surface area (Å²) >= 11 is 0. The summed E-state index contributed by atoms with van der Waals surface area (Å²) in [6, 6.07) is 5.98. The van der Waals surface area contributed by atoms with Crippen molar-refractivity contribution >= 4 is 11.9 Å². The van der Waals surface area contributed by atoms with Crippen LogP contribution in [0.25, 0.3) is 0 Å². The number of rotatable bonds is 8. The van der Waals surface area contributed by atoms with Crippen molar-refractivity contribution < 1.29 is 9.53 Å². The minimum absolute atomic E-state index is 0.0560. The molecule has 1 aromatic heterocycles. The quantitative estimate of drug-likeness (QED) is 0.688. The zero-order valence-electron chi connectivity index (χ0n) is 17.6. The number of hydrogen-bond donors (Lipinski definition) is 1. The third-order valence-corrected chi connectivity index (χ3v) is 5.13. The first-order valence-electron chi connectivity index (χ1n) is 10.2. The van der Waals surface area contributed by atoms with E-state index in [0.717, 1.165) is 62.0 Å². The lowest BCUT2D eigenvalue weighted by Gasteiger charge is -2.34. The third kappa shape index (κ3) is 6.15. The van der Waals surface area contributed by atoms with Crippen LogP contribution in [-0.4, -0.2) is 66.7 Å². The Morgan fingerprint density at radius 1 is 1.07 bits per heavy atom. The van der Waals surface area contributed by atoms with Crippen molar-refractivity contribution in [1.82, 2.24) is 20.2 Å². The summed E-state index contributed by atoms with van der Waals surface area (Å²) in [6.45, 7) is 11.6. The van der Waals surface area contributed by atoms with Gasteiger partial charge in [0.25, 0.3) is 5.91 Å². The highest BCUT2D eigenvalue weighted by Gasteiger charge is 2.18. The summed E-state index contributed by atoms with van der Waals surface area (Å²) in [5, 5.41) is 2.96. The first-order chi connectivity index (χ1) is 14.0. The highest BCUT2D eigenvalue weighted by Crippen LogP contribution is 2.24. The normalized spacial score (nSPS) is 14.7. The molecule has 1 amide bonds. The van der Waals surface area contributed by atoms with Gasteiger partial charge in [-0.2, -0.15) is 0 Å². The van der Waals surface area contributed by atoms with Gasteiger partial charge >= 0.3 is 0 Å². The Balaban J connectivity index is 1.30. The number of carbonyl (C=O) groups is 1. The number of carbonyl (C=O) groups excluding carboxylic acids is 1. The Kier molecular flexibility index (Phi) is 7.41. The van der Waals surface area contributed by atoms with Gasteiger partial charge in [-0.05, 0) is 50.9 Å². The van der Waals surface area contributed by atoms with Gasteiger partial charge in [0.05, 0.1) is 0 Å². The van der Waals surface area contributed by atoms with Crippen LogP contribution in [0.5, 0.6) is 5.75 Å². The van der Waals surface area contributed by atoms with E-state index >= 15 is 0 Å². The molecule has 1 fully saturated rings. The molecular weight excluding hydrogens is 366 g/mol. The molecule has 0 atom stereocenters. The van der Waals surface area contributed by atoms with Crippen LogP contribution in [0.15, 0.2) is 30.6 Å². The molecule has 0 aliphatic carbocycles. The lowest BCUT2D eigenvalue weighted by atomic mass is 10.1. The summed E-state index contributed by atoms with van der Waals surface area (Å²) in [5.74, 6) is 1.54. The van der Waals surface area contributed by atoms with E-state index in [1.165, 1.54) is 5.56 Å². The first-order valence-corrected chi connectivity index (χ1v) is 10.2. The number of nitrogens with zero attached hydrogens (tertiary/aromatic N) is 4. The fraction of sp³-hybridized carbons (Fsp3) is 0.500. The van der Waals surface area contributed by atoms with Crippen LogP contribution < -0.4 is 15.0 Å². The van der Waals surface area contributed by atoms with Crippen LogP contribution in [0, 0.1) is 20.8 Å². The number of benzene rings is 1. The molecule has 0 bridgehead atoms. The van der Waals surface area contributed by atoms with Crippen molar-refractivity contribution in [2.24, 2.45) is 0 Å². The molecule has 7 heteroatoms. The van der Waals surface area contributed by atoms with E-state index in [2.05, 4.69) is 44.1 Å². The van der Waals surface area contributed by atoms with Gasteiger partial charge in [0.2, 0.25) is 5.95 Å². The Morgan fingerprint density at radius 3 is 2.38 bits per heavy atom. The van der Waals surface area contributed by atoms with Crippen molar-refractivity contribution in [3.8, 4) is 5.75 Å². The van der Waals surface area contributed by atoms with E-state index in [1.54, 1.807) is 12.4 Å². The molecule has 3 rings (SSSR count). The van der Waals surface area contributed by atoms with E-state index in [4.69, 9.17) is 4.74 Å². The maximum Gasteiger partial charge on any atom is 0.257 e. The number of piperazine rings is 1. The average molecular weight is 398 g/mol. The van der Waals surface area contributed by atoms with Crippen molar-refractivity contribution in [3.05, 3.63) is 47.3 Å². The Morgan fingerprint density at radius 2 is 1.72 bits per heavy atom. The fourth-order valence-corrected chi connectivity index (χ4v) is 3.74. The van der Waals surface area contributed by atoms with Gasteiger partial charge in [-0.3, -0.25) is 9.69 Å². The second kappa shape index (κ2) is 10.2. The largest absolute Gasteiger partial charge is 0.483 e. The fourth-order valence-electron chi connectivity index (χ4n) is 3.74. The summed E-state index contributed by atoms with van der Waals surface area (Å²) in [4.78, 5) is 25.3. The predicted octanol–water partition coefficient (Wildman–Crippen LogP) is 2.11. The van der Waals surface area contributed by atoms with Gasteiger partial charge in [0, 0.05) is 45.1 Å². The van der Waals surface area contributed by atoms with Crippen molar-refractivity contribution in [3.63, 3.8) is 0 Å². The number of amides is 1. The van der Waals surface area contributed by atoms with Gasteiger partial charge in [-0.25, -0.2) is 9.97 Å². The van der Waals surface area contributed by atoms with E-state index in [1.807, 2.05) is 19.9 Å². The molecule has 7 nitrogen and oxygen atoms in total. The highest BCUT2D eigenvalue weighted by atomic mass is 16.5. The Labute approximate surface area is 173 Å². The first kappa shape index (κ1) is 21.0. The van der Waals surface area contributed by atoms with Gasteiger partial charge in [0.15, 0.2) is 6.61 Å².